The molecule has 0 radical (unpaired) electrons. The fraction of sp³-hybridized carbons (Fsp3) is 0.304. The molecule has 0 aliphatic carbocycles. The number of alkyl halides is 3. The molecular formula is C23H21ClF3N3OS. The van der Waals surface area contributed by atoms with Crippen LogP contribution in [0.15, 0.2) is 49.2 Å². The Morgan fingerprint density at radius 2 is 2.06 bits per heavy atom. The number of hydrogen-bond donors (Lipinski definition) is 0. The molecule has 1 aliphatic rings. The SMILES string of the molecule is C=CC(=O)N1Cc2sc(Cl)cc2[C@H](c2ccccc2-c2cn(CCC)nc2C(F)(F)F)C1. The maximum atomic E-state index is 13.9. The smallest absolute Gasteiger partial charge is 0.333 e. The first kappa shape index (κ1) is 22.6. The standard InChI is InChI=1S/C23H21ClF3N3OS/c1-3-9-30-12-18(22(28-30)23(25,26)27)15-8-6-5-7-14(15)17-11-29(21(31)4-2)13-19-16(17)10-20(24)32-19/h4-8,10,12,17H,2-3,9,11,13H2,1H3/t17-/m0/s1. The second-order valence-corrected chi connectivity index (χ2v) is 9.41. The second-order valence-electron chi connectivity index (χ2n) is 7.64. The highest BCUT2D eigenvalue weighted by molar-refractivity contribution is 7.16. The first-order valence-corrected chi connectivity index (χ1v) is 11.4. The minimum absolute atomic E-state index is 0.0385. The number of nitrogens with zero attached hydrogens (tertiary/aromatic N) is 3. The lowest BCUT2D eigenvalue weighted by Gasteiger charge is -2.33. The second kappa shape index (κ2) is 8.75. The Labute approximate surface area is 192 Å². The van der Waals surface area contributed by atoms with E-state index in [0.717, 1.165) is 10.4 Å². The summed E-state index contributed by atoms with van der Waals surface area (Å²) in [4.78, 5) is 15.0. The molecule has 168 valence electrons. The summed E-state index contributed by atoms with van der Waals surface area (Å²) >= 11 is 7.66. The van der Waals surface area contributed by atoms with Crippen LogP contribution in [0.4, 0.5) is 13.2 Å². The highest BCUT2D eigenvalue weighted by Crippen LogP contribution is 2.45. The van der Waals surface area contributed by atoms with E-state index in [1.54, 1.807) is 23.1 Å². The van der Waals surface area contributed by atoms with Crippen molar-refractivity contribution in [3.63, 3.8) is 0 Å². The lowest BCUT2D eigenvalue weighted by atomic mass is 9.84. The minimum Gasteiger partial charge on any atom is -0.333 e. The number of benzene rings is 1. The van der Waals surface area contributed by atoms with Gasteiger partial charge < -0.3 is 4.90 Å². The Hall–Kier alpha value is -2.58. The van der Waals surface area contributed by atoms with Gasteiger partial charge in [-0.25, -0.2) is 0 Å². The molecule has 9 heteroatoms. The molecule has 0 saturated heterocycles. The molecule has 1 amide bonds. The number of carbonyl (C=O) groups is 1. The monoisotopic (exact) mass is 479 g/mol. The number of hydrogen-bond acceptors (Lipinski definition) is 3. The van der Waals surface area contributed by atoms with Crippen molar-refractivity contribution in [1.82, 2.24) is 14.7 Å². The van der Waals surface area contributed by atoms with Crippen LogP contribution in [0, 0.1) is 0 Å². The van der Waals surface area contributed by atoms with Crippen molar-refractivity contribution in [3.8, 4) is 11.1 Å². The van der Waals surface area contributed by atoms with Gasteiger partial charge in [0, 0.05) is 35.6 Å². The third-order valence-corrected chi connectivity index (χ3v) is 6.78. The van der Waals surface area contributed by atoms with Crippen molar-refractivity contribution in [2.24, 2.45) is 0 Å². The Balaban J connectivity index is 1.88. The number of fused-ring (bicyclic) bond motifs is 1. The summed E-state index contributed by atoms with van der Waals surface area (Å²) in [6, 6.07) is 8.86. The average molecular weight is 480 g/mol. The summed E-state index contributed by atoms with van der Waals surface area (Å²) in [5.41, 5.74) is 1.23. The molecule has 4 nitrogen and oxygen atoms in total. The van der Waals surface area contributed by atoms with E-state index in [2.05, 4.69) is 11.7 Å². The molecule has 1 aliphatic heterocycles. The number of aromatic nitrogens is 2. The predicted octanol–water partition coefficient (Wildman–Crippen LogP) is 6.35. The fourth-order valence-corrected chi connectivity index (χ4v) is 5.52. The molecule has 1 aromatic carbocycles. The summed E-state index contributed by atoms with van der Waals surface area (Å²) in [5, 5.41) is 3.83. The zero-order valence-corrected chi connectivity index (χ0v) is 18.9. The van der Waals surface area contributed by atoms with E-state index in [0.29, 0.717) is 41.5 Å². The Bertz CT molecular complexity index is 1170. The van der Waals surface area contributed by atoms with E-state index in [1.807, 2.05) is 19.1 Å². The van der Waals surface area contributed by atoms with Crippen LogP contribution in [-0.4, -0.2) is 27.1 Å². The van der Waals surface area contributed by atoms with Gasteiger partial charge in [0.25, 0.3) is 0 Å². The number of carbonyl (C=O) groups excluding carboxylic acids is 1. The normalized spacial score (nSPS) is 16.2. The van der Waals surface area contributed by atoms with Crippen molar-refractivity contribution < 1.29 is 18.0 Å². The van der Waals surface area contributed by atoms with Gasteiger partial charge in [0.2, 0.25) is 5.91 Å². The predicted molar refractivity (Wildman–Crippen MR) is 120 cm³/mol. The molecule has 0 unspecified atom stereocenters. The third kappa shape index (κ3) is 4.21. The van der Waals surface area contributed by atoms with Gasteiger partial charge in [0.1, 0.15) is 0 Å². The minimum atomic E-state index is -4.59. The number of halogens is 4. The van der Waals surface area contributed by atoms with Crippen LogP contribution in [0.5, 0.6) is 0 Å². The number of rotatable bonds is 5. The molecule has 0 saturated carbocycles. The first-order valence-electron chi connectivity index (χ1n) is 10.2. The molecule has 0 N–H and O–H groups in total. The van der Waals surface area contributed by atoms with Crippen LogP contribution in [0.2, 0.25) is 4.34 Å². The average Bonchev–Trinajstić information content (AvgIpc) is 3.35. The maximum Gasteiger partial charge on any atom is 0.435 e. The van der Waals surface area contributed by atoms with Crippen LogP contribution in [0.1, 0.15) is 41.0 Å². The maximum absolute atomic E-state index is 13.9. The Kier molecular flexibility index (Phi) is 6.18. The van der Waals surface area contributed by atoms with E-state index in [9.17, 15) is 18.0 Å². The Morgan fingerprint density at radius 3 is 2.75 bits per heavy atom. The third-order valence-electron chi connectivity index (χ3n) is 5.52. The van der Waals surface area contributed by atoms with Crippen molar-refractivity contribution in [3.05, 3.63) is 75.2 Å². The molecule has 32 heavy (non-hydrogen) atoms. The van der Waals surface area contributed by atoms with Crippen LogP contribution in [0.25, 0.3) is 11.1 Å². The van der Waals surface area contributed by atoms with Crippen molar-refractivity contribution in [1.29, 1.82) is 0 Å². The summed E-state index contributed by atoms with van der Waals surface area (Å²) < 4.78 is 43.5. The van der Waals surface area contributed by atoms with Gasteiger partial charge in [-0.05, 0) is 35.3 Å². The van der Waals surface area contributed by atoms with Crippen molar-refractivity contribution in [2.45, 2.75) is 38.5 Å². The van der Waals surface area contributed by atoms with E-state index in [4.69, 9.17) is 11.6 Å². The zero-order valence-electron chi connectivity index (χ0n) is 17.3. The summed E-state index contributed by atoms with van der Waals surface area (Å²) in [5.74, 6) is -0.549. The lowest BCUT2D eigenvalue weighted by Crippen LogP contribution is -2.37. The van der Waals surface area contributed by atoms with Gasteiger partial charge in [0.05, 0.1) is 10.9 Å². The highest BCUT2D eigenvalue weighted by Gasteiger charge is 2.39. The van der Waals surface area contributed by atoms with E-state index >= 15 is 0 Å². The molecule has 3 aromatic rings. The van der Waals surface area contributed by atoms with E-state index in [-0.39, 0.29) is 17.4 Å². The van der Waals surface area contributed by atoms with Gasteiger partial charge >= 0.3 is 6.18 Å². The van der Waals surface area contributed by atoms with Crippen LogP contribution < -0.4 is 0 Å². The molecule has 2 aromatic heterocycles. The fourth-order valence-electron chi connectivity index (χ4n) is 4.16. The number of aryl methyl sites for hydroxylation is 1. The summed E-state index contributed by atoms with van der Waals surface area (Å²) in [6.07, 6.45) is -1.21. The molecular weight excluding hydrogens is 459 g/mol. The molecule has 1 atom stereocenters. The van der Waals surface area contributed by atoms with Gasteiger partial charge in [-0.2, -0.15) is 18.3 Å². The van der Waals surface area contributed by atoms with Gasteiger partial charge in [-0.15, -0.1) is 11.3 Å². The van der Waals surface area contributed by atoms with Gasteiger partial charge in [-0.3, -0.25) is 9.48 Å². The first-order chi connectivity index (χ1) is 15.2. The number of amides is 1. The van der Waals surface area contributed by atoms with Crippen molar-refractivity contribution in [2.75, 3.05) is 6.54 Å². The van der Waals surface area contributed by atoms with Crippen LogP contribution in [-0.2, 0) is 24.1 Å². The molecule has 0 spiro atoms. The molecule has 0 fully saturated rings. The van der Waals surface area contributed by atoms with Gasteiger partial charge in [-0.1, -0.05) is 49.4 Å². The quantitative estimate of drug-likeness (QED) is 0.400. The van der Waals surface area contributed by atoms with E-state index < -0.39 is 11.9 Å². The largest absolute Gasteiger partial charge is 0.435 e. The topological polar surface area (TPSA) is 38.1 Å². The molecule has 0 bridgehead atoms. The van der Waals surface area contributed by atoms with E-state index in [1.165, 1.54) is 28.3 Å². The summed E-state index contributed by atoms with van der Waals surface area (Å²) in [7, 11) is 0. The molecule has 3 heterocycles. The zero-order chi connectivity index (χ0) is 23.0. The van der Waals surface area contributed by atoms with Crippen LogP contribution >= 0.6 is 22.9 Å². The summed E-state index contributed by atoms with van der Waals surface area (Å²) in [6.45, 7) is 6.57. The van der Waals surface area contributed by atoms with Crippen molar-refractivity contribution >= 4 is 28.8 Å². The lowest BCUT2D eigenvalue weighted by molar-refractivity contribution is -0.141. The Morgan fingerprint density at radius 1 is 1.31 bits per heavy atom. The number of thiophene rings is 1. The highest BCUT2D eigenvalue weighted by atomic mass is 35.5. The van der Waals surface area contributed by atoms with Gasteiger partial charge in [0.15, 0.2) is 5.69 Å². The molecule has 4 rings (SSSR count). The van der Waals surface area contributed by atoms with Crippen LogP contribution in [0.3, 0.4) is 0 Å².